The van der Waals surface area contributed by atoms with E-state index in [1.54, 1.807) is 18.2 Å². The lowest BCUT2D eigenvalue weighted by atomic mass is 10.1. The van der Waals surface area contributed by atoms with Gasteiger partial charge < -0.3 is 10.5 Å². The van der Waals surface area contributed by atoms with Gasteiger partial charge in [-0.25, -0.2) is 13.1 Å². The third kappa shape index (κ3) is 3.26. The molecular weight excluding hydrogens is 264 g/mol. The van der Waals surface area contributed by atoms with Crippen LogP contribution in [0.3, 0.4) is 0 Å². The van der Waals surface area contributed by atoms with Crippen molar-refractivity contribution in [3.8, 4) is 5.75 Å². The summed E-state index contributed by atoms with van der Waals surface area (Å²) in [6.45, 7) is 0.519. The van der Waals surface area contributed by atoms with Crippen LogP contribution in [0.15, 0.2) is 29.2 Å². The van der Waals surface area contributed by atoms with E-state index in [4.69, 9.17) is 10.5 Å². The van der Waals surface area contributed by atoms with Gasteiger partial charge >= 0.3 is 0 Å². The van der Waals surface area contributed by atoms with Crippen LogP contribution in [0.1, 0.15) is 19.3 Å². The fourth-order valence-electron chi connectivity index (χ4n) is 2.51. The van der Waals surface area contributed by atoms with Crippen LogP contribution in [-0.2, 0) is 10.0 Å². The highest BCUT2D eigenvalue weighted by Gasteiger charge is 2.30. The molecule has 0 saturated heterocycles. The Morgan fingerprint density at radius 1 is 1.42 bits per heavy atom. The predicted octanol–water partition coefficient (Wildman–Crippen LogP) is 1.10. The lowest BCUT2D eigenvalue weighted by Crippen LogP contribution is -2.39. The second kappa shape index (κ2) is 5.90. The van der Waals surface area contributed by atoms with E-state index in [0.29, 0.717) is 12.3 Å². The standard InChI is InChI=1S/C13H20N2O3S/c1-18-11-5-3-6-12(8-11)19(16,17)15-13-7-2-4-10(13)9-14/h3,5-6,8,10,13,15H,2,4,7,9,14H2,1H3. The van der Waals surface area contributed by atoms with Gasteiger partial charge in [0.2, 0.25) is 10.0 Å². The average molecular weight is 284 g/mol. The molecule has 0 spiro atoms. The second-order valence-electron chi connectivity index (χ2n) is 4.83. The molecule has 6 heteroatoms. The average Bonchev–Trinajstić information content (AvgIpc) is 2.85. The van der Waals surface area contributed by atoms with E-state index < -0.39 is 10.0 Å². The minimum absolute atomic E-state index is 0.0544. The summed E-state index contributed by atoms with van der Waals surface area (Å²) < 4.78 is 32.4. The molecule has 1 aromatic carbocycles. The van der Waals surface area contributed by atoms with Crippen LogP contribution in [0.25, 0.3) is 0 Å². The molecule has 0 bridgehead atoms. The third-order valence-electron chi connectivity index (χ3n) is 3.62. The minimum atomic E-state index is -3.50. The molecule has 0 heterocycles. The molecule has 0 aromatic heterocycles. The summed E-state index contributed by atoms with van der Waals surface area (Å²) in [6, 6.07) is 6.42. The van der Waals surface area contributed by atoms with Gasteiger partial charge in [0.05, 0.1) is 12.0 Å². The first kappa shape index (κ1) is 14.3. The minimum Gasteiger partial charge on any atom is -0.497 e. The van der Waals surface area contributed by atoms with Crippen molar-refractivity contribution in [2.45, 2.75) is 30.2 Å². The Kier molecular flexibility index (Phi) is 4.44. The number of ether oxygens (including phenoxy) is 1. The number of nitrogens with one attached hydrogen (secondary N) is 1. The van der Waals surface area contributed by atoms with Crippen molar-refractivity contribution in [2.24, 2.45) is 11.7 Å². The fourth-order valence-corrected chi connectivity index (χ4v) is 3.88. The maximum Gasteiger partial charge on any atom is 0.240 e. The summed E-state index contributed by atoms with van der Waals surface area (Å²) in [5, 5.41) is 0. The summed E-state index contributed by atoms with van der Waals surface area (Å²) in [4.78, 5) is 0.231. The van der Waals surface area contributed by atoms with Crippen LogP contribution in [0.2, 0.25) is 0 Å². The van der Waals surface area contributed by atoms with Crippen molar-refractivity contribution in [2.75, 3.05) is 13.7 Å². The first-order valence-electron chi connectivity index (χ1n) is 6.43. The van der Waals surface area contributed by atoms with Crippen molar-refractivity contribution in [1.82, 2.24) is 4.72 Å². The molecular formula is C13H20N2O3S. The van der Waals surface area contributed by atoms with Crippen molar-refractivity contribution < 1.29 is 13.2 Å². The quantitative estimate of drug-likeness (QED) is 0.848. The van der Waals surface area contributed by atoms with Gasteiger partial charge in [-0.2, -0.15) is 0 Å². The summed E-state index contributed by atoms with van der Waals surface area (Å²) >= 11 is 0. The Morgan fingerprint density at radius 3 is 2.89 bits per heavy atom. The van der Waals surface area contributed by atoms with Gasteiger partial charge in [-0.1, -0.05) is 12.5 Å². The van der Waals surface area contributed by atoms with Crippen LogP contribution < -0.4 is 15.2 Å². The van der Waals surface area contributed by atoms with Crippen molar-refractivity contribution >= 4 is 10.0 Å². The molecule has 0 radical (unpaired) electrons. The first-order chi connectivity index (χ1) is 9.06. The molecule has 19 heavy (non-hydrogen) atoms. The van der Waals surface area contributed by atoms with Crippen molar-refractivity contribution in [1.29, 1.82) is 0 Å². The Balaban J connectivity index is 2.17. The van der Waals surface area contributed by atoms with Gasteiger partial charge in [-0.3, -0.25) is 0 Å². The molecule has 2 atom stereocenters. The molecule has 1 aromatic rings. The monoisotopic (exact) mass is 284 g/mol. The van der Waals surface area contributed by atoms with Crippen LogP contribution in [0.5, 0.6) is 5.75 Å². The van der Waals surface area contributed by atoms with E-state index in [2.05, 4.69) is 4.72 Å². The highest BCUT2D eigenvalue weighted by atomic mass is 32.2. The number of hydrogen-bond donors (Lipinski definition) is 2. The van der Waals surface area contributed by atoms with E-state index in [0.717, 1.165) is 19.3 Å². The van der Waals surface area contributed by atoms with E-state index in [-0.39, 0.29) is 16.9 Å². The van der Waals surface area contributed by atoms with E-state index in [9.17, 15) is 8.42 Å². The second-order valence-corrected chi connectivity index (χ2v) is 6.55. The molecule has 5 nitrogen and oxygen atoms in total. The Morgan fingerprint density at radius 2 is 2.21 bits per heavy atom. The maximum absolute atomic E-state index is 12.3. The van der Waals surface area contributed by atoms with Crippen LogP contribution in [-0.4, -0.2) is 28.1 Å². The van der Waals surface area contributed by atoms with Crippen LogP contribution >= 0.6 is 0 Å². The molecule has 1 aliphatic rings. The zero-order valence-electron chi connectivity index (χ0n) is 11.0. The SMILES string of the molecule is COc1cccc(S(=O)(=O)NC2CCCC2CN)c1. The lowest BCUT2D eigenvalue weighted by Gasteiger charge is -2.19. The number of benzene rings is 1. The Hall–Kier alpha value is -1.11. The van der Waals surface area contributed by atoms with E-state index >= 15 is 0 Å². The maximum atomic E-state index is 12.3. The first-order valence-corrected chi connectivity index (χ1v) is 7.91. The zero-order valence-corrected chi connectivity index (χ0v) is 11.8. The molecule has 3 N–H and O–H groups in total. The van der Waals surface area contributed by atoms with Gasteiger partial charge in [0.15, 0.2) is 0 Å². The molecule has 1 aliphatic carbocycles. The molecule has 2 rings (SSSR count). The highest BCUT2D eigenvalue weighted by molar-refractivity contribution is 7.89. The molecule has 1 fully saturated rings. The molecule has 2 unspecified atom stereocenters. The van der Waals surface area contributed by atoms with Gasteiger partial charge in [-0.05, 0) is 37.4 Å². The van der Waals surface area contributed by atoms with Crippen molar-refractivity contribution in [3.05, 3.63) is 24.3 Å². The molecule has 0 aliphatic heterocycles. The number of methoxy groups -OCH3 is 1. The highest BCUT2D eigenvalue weighted by Crippen LogP contribution is 2.26. The molecule has 106 valence electrons. The summed E-state index contributed by atoms with van der Waals surface area (Å²) in [5.74, 6) is 0.769. The number of hydrogen-bond acceptors (Lipinski definition) is 4. The van der Waals surface area contributed by atoms with Gasteiger partial charge in [-0.15, -0.1) is 0 Å². The molecule has 1 saturated carbocycles. The van der Waals surface area contributed by atoms with Gasteiger partial charge in [0.25, 0.3) is 0 Å². The molecule has 0 amide bonds. The third-order valence-corrected chi connectivity index (χ3v) is 5.11. The number of nitrogens with two attached hydrogens (primary N) is 1. The van der Waals surface area contributed by atoms with E-state index in [1.807, 2.05) is 0 Å². The van der Waals surface area contributed by atoms with Gasteiger partial charge in [0, 0.05) is 12.1 Å². The summed E-state index contributed by atoms with van der Waals surface area (Å²) in [6.07, 6.45) is 2.86. The van der Waals surface area contributed by atoms with Crippen LogP contribution in [0, 0.1) is 5.92 Å². The van der Waals surface area contributed by atoms with Crippen LogP contribution in [0.4, 0.5) is 0 Å². The Labute approximate surface area is 114 Å². The van der Waals surface area contributed by atoms with E-state index in [1.165, 1.54) is 13.2 Å². The number of sulfonamides is 1. The summed E-state index contributed by atoms with van der Waals surface area (Å²) in [7, 11) is -1.99. The number of rotatable bonds is 5. The zero-order chi connectivity index (χ0) is 13.9. The summed E-state index contributed by atoms with van der Waals surface area (Å²) in [5.41, 5.74) is 5.67. The van der Waals surface area contributed by atoms with Crippen molar-refractivity contribution in [3.63, 3.8) is 0 Å². The normalized spacial score (nSPS) is 23.5. The lowest BCUT2D eigenvalue weighted by molar-refractivity contribution is 0.413. The largest absolute Gasteiger partial charge is 0.497 e. The Bertz CT molecular complexity index is 530. The topological polar surface area (TPSA) is 81.4 Å². The smallest absolute Gasteiger partial charge is 0.240 e. The predicted molar refractivity (Wildman–Crippen MR) is 73.5 cm³/mol. The fraction of sp³-hybridized carbons (Fsp3) is 0.538. The van der Waals surface area contributed by atoms with Gasteiger partial charge in [0.1, 0.15) is 5.75 Å².